The number of hydrogen-bond acceptors (Lipinski definition) is 4. The highest BCUT2D eigenvalue weighted by molar-refractivity contribution is 5.99. The lowest BCUT2D eigenvalue weighted by atomic mass is 9.97. The van der Waals surface area contributed by atoms with Crippen molar-refractivity contribution in [3.8, 4) is 0 Å². The number of nitrogen functional groups attached to an aromatic ring is 1. The van der Waals surface area contributed by atoms with Crippen LogP contribution < -0.4 is 16.4 Å². The quantitative estimate of drug-likeness (QED) is 0.816. The van der Waals surface area contributed by atoms with Crippen LogP contribution in [-0.4, -0.2) is 30.2 Å². The van der Waals surface area contributed by atoms with Crippen molar-refractivity contribution in [2.45, 2.75) is 38.9 Å². The lowest BCUT2D eigenvalue weighted by Crippen LogP contribution is -2.57. The van der Waals surface area contributed by atoms with Crippen molar-refractivity contribution in [3.63, 3.8) is 0 Å². The summed E-state index contributed by atoms with van der Waals surface area (Å²) in [5, 5.41) is 0. The van der Waals surface area contributed by atoms with Crippen LogP contribution in [0.2, 0.25) is 0 Å². The van der Waals surface area contributed by atoms with E-state index in [0.717, 1.165) is 6.07 Å². The molecule has 1 aliphatic heterocycles. The van der Waals surface area contributed by atoms with Crippen LogP contribution in [-0.2, 0) is 4.74 Å². The largest absolute Gasteiger partial charge is 0.398 e. The Morgan fingerprint density at radius 1 is 1.24 bits per heavy atom. The Bertz CT molecular complexity index is 569. The van der Waals surface area contributed by atoms with Gasteiger partial charge < -0.3 is 21.1 Å². The van der Waals surface area contributed by atoms with E-state index in [1.807, 2.05) is 32.6 Å². The maximum Gasteiger partial charge on any atom is 0.250 e. The Morgan fingerprint density at radius 2 is 1.76 bits per heavy atom. The number of hydrogen-bond donors (Lipinski definition) is 2. The molecule has 2 rings (SSSR count). The summed E-state index contributed by atoms with van der Waals surface area (Å²) in [5.74, 6) is -1.13. The van der Waals surface area contributed by atoms with Crippen LogP contribution >= 0.6 is 0 Å². The molecule has 1 aromatic rings. The van der Waals surface area contributed by atoms with E-state index < -0.39 is 22.9 Å². The second kappa shape index (κ2) is 4.87. The number of nitrogens with zero attached hydrogens (tertiary/aromatic N) is 1. The van der Waals surface area contributed by atoms with Gasteiger partial charge in [-0.15, -0.1) is 0 Å². The molecule has 6 heteroatoms. The number of primary amides is 1. The SMILES string of the molecule is CC1(C)CN(c2cc(C(N)=O)c(N)cc2F)CC(C)(C)O1. The molecule has 0 radical (unpaired) electrons. The normalized spacial score (nSPS) is 20.3. The summed E-state index contributed by atoms with van der Waals surface area (Å²) in [7, 11) is 0. The Morgan fingerprint density at radius 3 is 2.24 bits per heavy atom. The van der Waals surface area contributed by atoms with E-state index in [1.54, 1.807) is 0 Å². The smallest absolute Gasteiger partial charge is 0.250 e. The third-order valence-electron chi connectivity index (χ3n) is 3.42. The molecule has 0 saturated carbocycles. The van der Waals surface area contributed by atoms with E-state index in [-0.39, 0.29) is 11.3 Å². The summed E-state index contributed by atoms with van der Waals surface area (Å²) in [6.07, 6.45) is 0. The van der Waals surface area contributed by atoms with Gasteiger partial charge in [-0.1, -0.05) is 0 Å². The molecule has 0 bridgehead atoms. The van der Waals surface area contributed by atoms with Crippen molar-refractivity contribution in [2.24, 2.45) is 5.73 Å². The first-order valence-corrected chi connectivity index (χ1v) is 6.85. The monoisotopic (exact) mass is 295 g/mol. The molecule has 1 amide bonds. The number of nitrogens with two attached hydrogens (primary N) is 2. The molecule has 0 aliphatic carbocycles. The van der Waals surface area contributed by atoms with Crippen molar-refractivity contribution in [1.29, 1.82) is 0 Å². The van der Waals surface area contributed by atoms with Gasteiger partial charge in [0.1, 0.15) is 5.82 Å². The summed E-state index contributed by atoms with van der Waals surface area (Å²) in [6, 6.07) is 2.56. The minimum atomic E-state index is -0.666. The molecule has 5 nitrogen and oxygen atoms in total. The van der Waals surface area contributed by atoms with Crippen molar-refractivity contribution in [3.05, 3.63) is 23.5 Å². The van der Waals surface area contributed by atoms with Gasteiger partial charge in [0.15, 0.2) is 0 Å². The van der Waals surface area contributed by atoms with Crippen LogP contribution in [0.1, 0.15) is 38.1 Å². The molecule has 0 aromatic heterocycles. The zero-order chi connectivity index (χ0) is 16.0. The Balaban J connectivity index is 2.46. The average Bonchev–Trinajstić information content (AvgIpc) is 2.23. The fraction of sp³-hybridized carbons (Fsp3) is 0.533. The predicted octanol–water partition coefficient (Wildman–Crippen LogP) is 1.90. The summed E-state index contributed by atoms with van der Waals surface area (Å²) in [5.41, 5.74) is 10.6. The van der Waals surface area contributed by atoms with Gasteiger partial charge in [0.25, 0.3) is 5.91 Å². The number of anilines is 2. The van der Waals surface area contributed by atoms with Crippen LogP contribution in [0.5, 0.6) is 0 Å². The fourth-order valence-electron chi connectivity index (χ4n) is 2.99. The molecule has 0 atom stereocenters. The van der Waals surface area contributed by atoms with E-state index in [0.29, 0.717) is 18.8 Å². The standard InChI is InChI=1S/C15H22FN3O2/c1-14(2)7-19(8-15(3,4)21-14)12-5-9(13(18)20)11(17)6-10(12)16/h5-6H,7-8,17H2,1-4H3,(H2,18,20). The third-order valence-corrected chi connectivity index (χ3v) is 3.42. The molecule has 1 saturated heterocycles. The van der Waals surface area contributed by atoms with Crippen LogP contribution in [0.3, 0.4) is 0 Å². The number of halogens is 1. The van der Waals surface area contributed by atoms with E-state index in [1.165, 1.54) is 6.07 Å². The highest BCUT2D eigenvalue weighted by Crippen LogP contribution is 2.34. The van der Waals surface area contributed by atoms with Crippen LogP contribution in [0, 0.1) is 5.82 Å². The minimum Gasteiger partial charge on any atom is -0.398 e. The van der Waals surface area contributed by atoms with Crippen LogP contribution in [0.15, 0.2) is 12.1 Å². The molecule has 1 heterocycles. The van der Waals surface area contributed by atoms with Crippen LogP contribution in [0.25, 0.3) is 0 Å². The van der Waals surface area contributed by atoms with Crippen LogP contribution in [0.4, 0.5) is 15.8 Å². The molecule has 1 aliphatic rings. The lowest BCUT2D eigenvalue weighted by Gasteiger charge is -2.48. The molecule has 0 spiro atoms. The van der Waals surface area contributed by atoms with Gasteiger partial charge >= 0.3 is 0 Å². The Labute approximate surface area is 124 Å². The first-order chi connectivity index (χ1) is 9.51. The van der Waals surface area contributed by atoms with E-state index in [9.17, 15) is 9.18 Å². The van der Waals surface area contributed by atoms with Gasteiger partial charge in [0, 0.05) is 18.8 Å². The first kappa shape index (κ1) is 15.6. The summed E-state index contributed by atoms with van der Waals surface area (Å²) >= 11 is 0. The van der Waals surface area contributed by atoms with Gasteiger partial charge in [0.05, 0.1) is 22.5 Å². The van der Waals surface area contributed by atoms with Crippen molar-refractivity contribution >= 4 is 17.3 Å². The molecule has 0 unspecified atom stereocenters. The minimum absolute atomic E-state index is 0.0514. The number of amides is 1. The Kier molecular flexibility index (Phi) is 3.61. The van der Waals surface area contributed by atoms with E-state index in [2.05, 4.69) is 0 Å². The fourth-order valence-corrected chi connectivity index (χ4v) is 2.99. The van der Waals surface area contributed by atoms with Gasteiger partial charge in [-0.3, -0.25) is 4.79 Å². The summed E-state index contributed by atoms with van der Waals surface area (Å²) in [6.45, 7) is 8.82. The van der Waals surface area contributed by atoms with E-state index >= 15 is 0 Å². The van der Waals surface area contributed by atoms with Crippen molar-refractivity contribution < 1.29 is 13.9 Å². The molecule has 21 heavy (non-hydrogen) atoms. The third kappa shape index (κ3) is 3.26. The van der Waals surface area contributed by atoms with Gasteiger partial charge in [-0.05, 0) is 39.8 Å². The zero-order valence-corrected chi connectivity index (χ0v) is 12.9. The number of carbonyl (C=O) groups is 1. The first-order valence-electron chi connectivity index (χ1n) is 6.85. The predicted molar refractivity (Wildman–Crippen MR) is 80.8 cm³/mol. The average molecular weight is 295 g/mol. The molecule has 116 valence electrons. The van der Waals surface area contributed by atoms with Gasteiger partial charge in [-0.25, -0.2) is 4.39 Å². The number of morpholine rings is 1. The summed E-state index contributed by atoms with van der Waals surface area (Å²) in [4.78, 5) is 13.3. The highest BCUT2D eigenvalue weighted by Gasteiger charge is 2.39. The zero-order valence-electron chi connectivity index (χ0n) is 12.9. The molecule has 4 N–H and O–H groups in total. The van der Waals surface area contributed by atoms with Crippen molar-refractivity contribution in [1.82, 2.24) is 0 Å². The molecular weight excluding hydrogens is 273 g/mol. The number of carbonyl (C=O) groups excluding carboxylic acids is 1. The second-order valence-electron chi connectivity index (χ2n) is 6.73. The van der Waals surface area contributed by atoms with Crippen molar-refractivity contribution in [2.75, 3.05) is 23.7 Å². The number of benzene rings is 1. The maximum atomic E-state index is 14.3. The summed E-state index contributed by atoms with van der Waals surface area (Å²) < 4.78 is 20.2. The molecule has 1 aromatic carbocycles. The second-order valence-corrected chi connectivity index (χ2v) is 6.73. The Hall–Kier alpha value is -1.82. The molecular formula is C15H22FN3O2. The van der Waals surface area contributed by atoms with Gasteiger partial charge in [-0.2, -0.15) is 0 Å². The van der Waals surface area contributed by atoms with E-state index in [4.69, 9.17) is 16.2 Å². The topological polar surface area (TPSA) is 81.6 Å². The number of rotatable bonds is 2. The number of ether oxygens (including phenoxy) is 1. The van der Waals surface area contributed by atoms with Gasteiger partial charge in [0.2, 0.25) is 0 Å². The highest BCUT2D eigenvalue weighted by atomic mass is 19.1. The maximum absolute atomic E-state index is 14.3. The lowest BCUT2D eigenvalue weighted by molar-refractivity contribution is -0.133. The molecule has 1 fully saturated rings.